The van der Waals surface area contributed by atoms with E-state index in [1.807, 2.05) is 26.0 Å². The number of H-pyrrole nitrogens is 1. The number of carbonyl (C=O) groups excluding carboxylic acids is 1. The fourth-order valence-electron chi connectivity index (χ4n) is 3.08. The van der Waals surface area contributed by atoms with Crippen molar-refractivity contribution < 1.29 is 9.53 Å². The van der Waals surface area contributed by atoms with E-state index in [1.54, 1.807) is 6.07 Å². The minimum atomic E-state index is -0.279. The standard InChI is InChI=1S/C19H24Cl2N4O2/c1-19(2,13-3-4-14(20)15(21)9-13)11-22-17(26)10-16-23-18(25-24-16)12-5-7-27-8-6-12/h3-4,9,12H,5-8,10-11H2,1-2H3,(H,22,26)(H,23,24,25). The maximum absolute atomic E-state index is 12.3. The van der Waals surface area contributed by atoms with Gasteiger partial charge < -0.3 is 10.1 Å². The van der Waals surface area contributed by atoms with Crippen LogP contribution in [-0.4, -0.2) is 40.8 Å². The first-order chi connectivity index (χ1) is 12.8. The van der Waals surface area contributed by atoms with Crippen LogP contribution in [-0.2, 0) is 21.4 Å². The van der Waals surface area contributed by atoms with Gasteiger partial charge in [0.2, 0.25) is 5.91 Å². The second kappa shape index (κ2) is 8.59. The van der Waals surface area contributed by atoms with E-state index in [4.69, 9.17) is 27.9 Å². The van der Waals surface area contributed by atoms with Crippen molar-refractivity contribution in [3.63, 3.8) is 0 Å². The summed E-state index contributed by atoms with van der Waals surface area (Å²) in [6.45, 7) is 6.04. The fraction of sp³-hybridized carbons (Fsp3) is 0.526. The zero-order valence-electron chi connectivity index (χ0n) is 15.5. The highest BCUT2D eigenvalue weighted by atomic mass is 35.5. The van der Waals surface area contributed by atoms with Crippen molar-refractivity contribution >= 4 is 29.1 Å². The lowest BCUT2D eigenvalue weighted by Gasteiger charge is -2.26. The first-order valence-corrected chi connectivity index (χ1v) is 9.82. The van der Waals surface area contributed by atoms with Crippen LogP contribution in [0.5, 0.6) is 0 Å². The largest absolute Gasteiger partial charge is 0.381 e. The third kappa shape index (κ3) is 5.21. The van der Waals surface area contributed by atoms with Gasteiger partial charge in [0.15, 0.2) is 5.82 Å². The molecular formula is C19H24Cl2N4O2. The van der Waals surface area contributed by atoms with Gasteiger partial charge >= 0.3 is 0 Å². The number of nitrogens with one attached hydrogen (secondary N) is 2. The van der Waals surface area contributed by atoms with Gasteiger partial charge in [-0.2, -0.15) is 5.10 Å². The molecule has 1 saturated heterocycles. The molecule has 1 amide bonds. The zero-order chi connectivity index (χ0) is 19.4. The van der Waals surface area contributed by atoms with Crippen LogP contribution in [0.1, 0.15) is 49.8 Å². The molecule has 0 saturated carbocycles. The third-order valence-corrected chi connectivity index (χ3v) is 5.63. The molecule has 1 aromatic carbocycles. The third-order valence-electron chi connectivity index (χ3n) is 4.89. The second-order valence-electron chi connectivity index (χ2n) is 7.49. The maximum Gasteiger partial charge on any atom is 0.227 e. The first kappa shape index (κ1) is 20.1. The Morgan fingerprint density at radius 1 is 1.30 bits per heavy atom. The summed E-state index contributed by atoms with van der Waals surface area (Å²) in [6.07, 6.45) is 2.01. The summed E-state index contributed by atoms with van der Waals surface area (Å²) in [7, 11) is 0. The van der Waals surface area contributed by atoms with Crippen LogP contribution in [0, 0.1) is 0 Å². The van der Waals surface area contributed by atoms with Crippen LogP contribution in [0.2, 0.25) is 10.0 Å². The average molecular weight is 411 g/mol. The van der Waals surface area contributed by atoms with Gasteiger partial charge in [0.05, 0.1) is 16.5 Å². The highest BCUT2D eigenvalue weighted by Gasteiger charge is 2.23. The van der Waals surface area contributed by atoms with Gasteiger partial charge in [-0.25, -0.2) is 4.98 Å². The van der Waals surface area contributed by atoms with Crippen LogP contribution < -0.4 is 5.32 Å². The van der Waals surface area contributed by atoms with Gasteiger partial charge in [0.25, 0.3) is 0 Å². The monoisotopic (exact) mass is 410 g/mol. The maximum atomic E-state index is 12.3. The molecule has 1 fully saturated rings. The highest BCUT2D eigenvalue weighted by molar-refractivity contribution is 6.42. The Balaban J connectivity index is 1.54. The molecule has 1 aliphatic heterocycles. The molecular weight excluding hydrogens is 387 g/mol. The topological polar surface area (TPSA) is 79.9 Å². The summed E-state index contributed by atoms with van der Waals surface area (Å²) < 4.78 is 5.36. The lowest BCUT2D eigenvalue weighted by molar-refractivity contribution is -0.120. The van der Waals surface area contributed by atoms with E-state index in [0.717, 1.165) is 37.4 Å². The van der Waals surface area contributed by atoms with E-state index < -0.39 is 0 Å². The number of rotatable bonds is 6. The molecule has 0 spiro atoms. The summed E-state index contributed by atoms with van der Waals surface area (Å²) in [5.41, 5.74) is 0.733. The fourth-order valence-corrected chi connectivity index (χ4v) is 3.38. The summed E-state index contributed by atoms with van der Waals surface area (Å²) in [5.74, 6) is 1.57. The Morgan fingerprint density at radius 2 is 2.04 bits per heavy atom. The Morgan fingerprint density at radius 3 is 2.74 bits per heavy atom. The summed E-state index contributed by atoms with van der Waals surface area (Å²) >= 11 is 12.1. The molecule has 2 heterocycles. The Kier molecular flexibility index (Phi) is 6.40. The van der Waals surface area contributed by atoms with E-state index in [2.05, 4.69) is 20.5 Å². The molecule has 0 atom stereocenters. The van der Waals surface area contributed by atoms with Crippen molar-refractivity contribution in [2.45, 2.75) is 44.4 Å². The van der Waals surface area contributed by atoms with Crippen molar-refractivity contribution in [2.24, 2.45) is 0 Å². The van der Waals surface area contributed by atoms with Crippen molar-refractivity contribution in [1.82, 2.24) is 20.5 Å². The predicted molar refractivity (Wildman–Crippen MR) is 105 cm³/mol. The molecule has 27 heavy (non-hydrogen) atoms. The molecule has 1 aliphatic rings. The number of carbonyl (C=O) groups is 1. The van der Waals surface area contributed by atoms with Crippen molar-refractivity contribution in [3.05, 3.63) is 45.5 Å². The van der Waals surface area contributed by atoms with Gasteiger partial charge in [-0.15, -0.1) is 0 Å². The minimum Gasteiger partial charge on any atom is -0.381 e. The zero-order valence-corrected chi connectivity index (χ0v) is 17.0. The van der Waals surface area contributed by atoms with E-state index in [0.29, 0.717) is 28.3 Å². The Bertz CT molecular complexity index is 801. The Hall–Kier alpha value is -1.63. The molecule has 6 nitrogen and oxygen atoms in total. The summed E-state index contributed by atoms with van der Waals surface area (Å²) in [5, 5.41) is 11.1. The number of hydrogen-bond donors (Lipinski definition) is 2. The minimum absolute atomic E-state index is 0.0992. The molecule has 0 aliphatic carbocycles. The molecule has 2 N–H and O–H groups in total. The van der Waals surface area contributed by atoms with Crippen LogP contribution in [0.25, 0.3) is 0 Å². The number of aromatic nitrogens is 3. The summed E-state index contributed by atoms with van der Waals surface area (Å²) in [4.78, 5) is 16.8. The molecule has 3 rings (SSSR count). The van der Waals surface area contributed by atoms with Gasteiger partial charge in [0, 0.05) is 31.1 Å². The number of amides is 1. The van der Waals surface area contributed by atoms with Crippen molar-refractivity contribution in [1.29, 1.82) is 0 Å². The van der Waals surface area contributed by atoms with E-state index in [9.17, 15) is 4.79 Å². The van der Waals surface area contributed by atoms with E-state index in [-0.39, 0.29) is 17.7 Å². The number of aromatic amines is 1. The first-order valence-electron chi connectivity index (χ1n) is 9.06. The van der Waals surface area contributed by atoms with Crippen LogP contribution in [0.4, 0.5) is 0 Å². The molecule has 1 aromatic heterocycles. The van der Waals surface area contributed by atoms with Crippen molar-refractivity contribution in [2.75, 3.05) is 19.8 Å². The van der Waals surface area contributed by atoms with Crippen LogP contribution in [0.3, 0.4) is 0 Å². The smallest absolute Gasteiger partial charge is 0.227 e. The number of nitrogens with zero attached hydrogens (tertiary/aromatic N) is 2. The second-order valence-corrected chi connectivity index (χ2v) is 8.31. The molecule has 146 valence electrons. The normalized spacial score (nSPS) is 15.7. The molecule has 0 bridgehead atoms. The van der Waals surface area contributed by atoms with Crippen LogP contribution in [0.15, 0.2) is 18.2 Å². The number of halogens is 2. The SMILES string of the molecule is CC(C)(CNC(=O)Cc1nc(C2CCOCC2)n[nH]1)c1ccc(Cl)c(Cl)c1. The number of hydrogen-bond acceptors (Lipinski definition) is 4. The highest BCUT2D eigenvalue weighted by Crippen LogP contribution is 2.29. The molecule has 0 unspecified atom stereocenters. The van der Waals surface area contributed by atoms with Gasteiger partial charge in [-0.3, -0.25) is 9.89 Å². The molecule has 2 aromatic rings. The van der Waals surface area contributed by atoms with Crippen LogP contribution >= 0.6 is 23.2 Å². The predicted octanol–water partition coefficient (Wildman–Crippen LogP) is 3.64. The molecule has 0 radical (unpaired) electrons. The number of benzene rings is 1. The van der Waals surface area contributed by atoms with Gasteiger partial charge in [-0.05, 0) is 30.5 Å². The quantitative estimate of drug-likeness (QED) is 0.761. The average Bonchev–Trinajstić information content (AvgIpc) is 3.11. The van der Waals surface area contributed by atoms with Crippen molar-refractivity contribution in [3.8, 4) is 0 Å². The summed E-state index contributed by atoms with van der Waals surface area (Å²) in [6, 6.07) is 5.54. The van der Waals surface area contributed by atoms with E-state index in [1.165, 1.54) is 0 Å². The lowest BCUT2D eigenvalue weighted by atomic mass is 9.84. The molecule has 8 heteroatoms. The van der Waals surface area contributed by atoms with E-state index >= 15 is 0 Å². The number of ether oxygens (including phenoxy) is 1. The lowest BCUT2D eigenvalue weighted by Crippen LogP contribution is -2.37. The van der Waals surface area contributed by atoms with Gasteiger partial charge in [-0.1, -0.05) is 43.1 Å². The Labute approximate surface area is 169 Å². The van der Waals surface area contributed by atoms with Gasteiger partial charge in [0.1, 0.15) is 5.82 Å².